The molecule has 0 aromatic rings. The quantitative estimate of drug-likeness (QED) is 0.318. The van der Waals surface area contributed by atoms with Gasteiger partial charge >= 0.3 is 5.97 Å². The molecular weight excluding hydrogens is 400 g/mol. The van der Waals surface area contributed by atoms with Crippen molar-refractivity contribution in [2.24, 2.45) is 11.8 Å². The largest absolute Gasteiger partial charge is 0.481 e. The van der Waals surface area contributed by atoms with Crippen molar-refractivity contribution in [1.82, 2.24) is 10.2 Å². The number of nitrogens with zero attached hydrogens (tertiary/aromatic N) is 1. The average Bonchev–Trinajstić information content (AvgIpc) is 3.30. The van der Waals surface area contributed by atoms with E-state index in [1.165, 1.54) is 17.7 Å². The van der Waals surface area contributed by atoms with Gasteiger partial charge in [0.15, 0.2) is 0 Å². The van der Waals surface area contributed by atoms with Gasteiger partial charge < -0.3 is 15.3 Å². The maximum absolute atomic E-state index is 12.4. The first-order valence-corrected chi connectivity index (χ1v) is 12.4. The normalized spacial score (nSPS) is 25.0. The zero-order chi connectivity index (χ0) is 21.9. The summed E-state index contributed by atoms with van der Waals surface area (Å²) >= 11 is 2.07. The van der Waals surface area contributed by atoms with E-state index < -0.39 is 5.97 Å². The zero-order valence-electron chi connectivity index (χ0n) is 18.5. The zero-order valence-corrected chi connectivity index (χ0v) is 19.3. The predicted molar refractivity (Wildman–Crippen MR) is 121 cm³/mol. The van der Waals surface area contributed by atoms with Crippen LogP contribution < -0.4 is 5.32 Å². The molecule has 0 spiro atoms. The monoisotopic (exact) mass is 438 g/mol. The van der Waals surface area contributed by atoms with Crippen LogP contribution in [0.25, 0.3) is 0 Å². The van der Waals surface area contributed by atoms with Crippen LogP contribution in [0.4, 0.5) is 0 Å². The van der Waals surface area contributed by atoms with E-state index in [0.29, 0.717) is 41.7 Å². The predicted octanol–water partition coefficient (Wildman–Crippen LogP) is 3.85. The van der Waals surface area contributed by atoms with Gasteiger partial charge in [0.2, 0.25) is 11.8 Å². The van der Waals surface area contributed by atoms with Crippen LogP contribution in [0.5, 0.6) is 0 Å². The molecule has 2 aliphatic heterocycles. The van der Waals surface area contributed by atoms with Crippen molar-refractivity contribution in [1.29, 1.82) is 0 Å². The molecule has 0 aromatic carbocycles. The lowest BCUT2D eigenvalue weighted by molar-refractivity contribution is -0.137. The van der Waals surface area contributed by atoms with Crippen LogP contribution in [0.3, 0.4) is 0 Å². The summed E-state index contributed by atoms with van der Waals surface area (Å²) in [5.74, 6) is 0.277. The summed E-state index contributed by atoms with van der Waals surface area (Å²) in [6.07, 6.45) is 13.0. The van der Waals surface area contributed by atoms with Crippen LogP contribution in [0.2, 0.25) is 0 Å². The Labute approximate surface area is 185 Å². The molecule has 2 aliphatic rings. The number of unbranched alkanes of at least 4 members (excludes halogenated alkanes) is 3. The lowest BCUT2D eigenvalue weighted by atomic mass is 9.77. The minimum atomic E-state index is -0.739. The second kappa shape index (κ2) is 13.0. The van der Waals surface area contributed by atoms with Gasteiger partial charge in [0.05, 0.1) is 6.54 Å². The van der Waals surface area contributed by atoms with Gasteiger partial charge in [0, 0.05) is 36.9 Å². The van der Waals surface area contributed by atoms with Crippen molar-refractivity contribution in [3.63, 3.8) is 0 Å². The average molecular weight is 439 g/mol. The van der Waals surface area contributed by atoms with Crippen molar-refractivity contribution in [3.05, 3.63) is 12.2 Å². The van der Waals surface area contributed by atoms with Crippen molar-refractivity contribution in [2.45, 2.75) is 81.6 Å². The Morgan fingerprint density at radius 1 is 1.07 bits per heavy atom. The standard InChI is InChI=1S/C23H38N2O4S/c1-3-4-7-11-22(27)25(2)16-21(26)24-15-18-17(19-13-14-20(18)30-19)10-8-5-6-9-12-23(28)29/h5,8,17-20H,3-4,6-7,9-16H2,1-2H3,(H,24,26)(H,28,29)/b8-5-. The summed E-state index contributed by atoms with van der Waals surface area (Å²) < 4.78 is 0. The third-order valence-corrected chi connectivity index (χ3v) is 8.13. The first-order valence-electron chi connectivity index (χ1n) is 11.4. The minimum absolute atomic E-state index is 0.0417. The maximum Gasteiger partial charge on any atom is 0.303 e. The number of likely N-dealkylation sites (N-methyl/N-ethyl adjacent to an activating group) is 1. The van der Waals surface area contributed by atoms with Gasteiger partial charge in [0.25, 0.3) is 0 Å². The van der Waals surface area contributed by atoms with Gasteiger partial charge in [-0.3, -0.25) is 14.4 Å². The summed E-state index contributed by atoms with van der Waals surface area (Å²) in [7, 11) is 1.71. The number of fused-ring (bicyclic) bond motifs is 2. The van der Waals surface area contributed by atoms with Crippen molar-refractivity contribution in [2.75, 3.05) is 20.1 Å². The SMILES string of the molecule is CCCCCC(=O)N(C)CC(=O)NCC1C2CCC(S2)C1C/C=C\CCCC(=O)O. The first-order chi connectivity index (χ1) is 14.4. The summed E-state index contributed by atoms with van der Waals surface area (Å²) in [6.45, 7) is 2.92. The molecule has 2 heterocycles. The van der Waals surface area contributed by atoms with Crippen LogP contribution in [-0.2, 0) is 14.4 Å². The van der Waals surface area contributed by atoms with E-state index in [4.69, 9.17) is 5.11 Å². The fraction of sp³-hybridized carbons (Fsp3) is 0.783. The van der Waals surface area contributed by atoms with Gasteiger partial charge in [-0.1, -0.05) is 31.9 Å². The highest BCUT2D eigenvalue weighted by atomic mass is 32.2. The molecule has 6 nitrogen and oxygen atoms in total. The number of hydrogen-bond acceptors (Lipinski definition) is 4. The van der Waals surface area contributed by atoms with E-state index in [1.807, 2.05) is 0 Å². The molecule has 7 heteroatoms. The molecule has 2 N–H and O–H groups in total. The van der Waals surface area contributed by atoms with Crippen molar-refractivity contribution >= 4 is 29.5 Å². The molecular formula is C23H38N2O4S. The Morgan fingerprint density at radius 2 is 1.80 bits per heavy atom. The number of allylic oxidation sites excluding steroid dienone is 2. The van der Waals surface area contributed by atoms with Gasteiger partial charge in [-0.15, -0.1) is 0 Å². The first kappa shape index (κ1) is 24.8. The van der Waals surface area contributed by atoms with E-state index >= 15 is 0 Å². The number of rotatable bonds is 14. The highest BCUT2D eigenvalue weighted by Crippen LogP contribution is 2.54. The molecule has 0 radical (unpaired) electrons. The molecule has 170 valence electrons. The minimum Gasteiger partial charge on any atom is -0.481 e. The van der Waals surface area contributed by atoms with E-state index in [1.54, 1.807) is 7.05 Å². The van der Waals surface area contributed by atoms with Gasteiger partial charge in [-0.25, -0.2) is 0 Å². The van der Waals surface area contributed by atoms with Crippen LogP contribution in [0.15, 0.2) is 12.2 Å². The van der Waals surface area contributed by atoms with Gasteiger partial charge in [-0.2, -0.15) is 11.8 Å². The van der Waals surface area contributed by atoms with E-state index in [-0.39, 0.29) is 24.8 Å². The fourth-order valence-electron chi connectivity index (χ4n) is 4.53. The van der Waals surface area contributed by atoms with Gasteiger partial charge in [-0.05, 0) is 50.4 Å². The second-order valence-electron chi connectivity index (χ2n) is 8.62. The highest BCUT2D eigenvalue weighted by Gasteiger charge is 2.47. The maximum atomic E-state index is 12.4. The third kappa shape index (κ3) is 7.97. The summed E-state index contributed by atoms with van der Waals surface area (Å²) in [5, 5.41) is 13.1. The Morgan fingerprint density at radius 3 is 2.50 bits per heavy atom. The highest BCUT2D eigenvalue weighted by molar-refractivity contribution is 8.01. The molecule has 30 heavy (non-hydrogen) atoms. The Balaban J connectivity index is 1.73. The molecule has 2 rings (SSSR count). The molecule has 2 amide bonds. The molecule has 0 aliphatic carbocycles. The molecule has 2 bridgehead atoms. The van der Waals surface area contributed by atoms with E-state index in [2.05, 4.69) is 36.2 Å². The Hall–Kier alpha value is -1.50. The lowest BCUT2D eigenvalue weighted by Gasteiger charge is -2.29. The molecule has 2 saturated heterocycles. The summed E-state index contributed by atoms with van der Waals surface area (Å²) in [4.78, 5) is 36.6. The molecule has 0 aromatic heterocycles. The number of thioether (sulfide) groups is 1. The second-order valence-corrected chi connectivity index (χ2v) is 10.1. The van der Waals surface area contributed by atoms with Crippen LogP contribution in [-0.4, -0.2) is 58.4 Å². The molecule has 4 atom stereocenters. The Kier molecular flexibility index (Phi) is 10.8. The topological polar surface area (TPSA) is 86.7 Å². The van der Waals surface area contributed by atoms with E-state index in [9.17, 15) is 14.4 Å². The van der Waals surface area contributed by atoms with Crippen LogP contribution in [0, 0.1) is 11.8 Å². The number of amides is 2. The number of nitrogens with one attached hydrogen (secondary N) is 1. The molecule has 0 saturated carbocycles. The molecule has 4 unspecified atom stereocenters. The van der Waals surface area contributed by atoms with Crippen molar-refractivity contribution < 1.29 is 19.5 Å². The Bertz CT molecular complexity index is 610. The van der Waals surface area contributed by atoms with E-state index in [0.717, 1.165) is 32.1 Å². The van der Waals surface area contributed by atoms with Crippen molar-refractivity contribution in [3.8, 4) is 0 Å². The number of carboxylic acids is 1. The smallest absolute Gasteiger partial charge is 0.303 e. The van der Waals surface area contributed by atoms with Crippen LogP contribution in [0.1, 0.15) is 71.1 Å². The third-order valence-electron chi connectivity index (χ3n) is 6.26. The fourth-order valence-corrected chi connectivity index (χ4v) is 6.54. The number of carboxylic acid groups (broad SMARTS) is 1. The number of carbonyl (C=O) groups is 3. The van der Waals surface area contributed by atoms with Gasteiger partial charge in [0.1, 0.15) is 0 Å². The number of hydrogen-bond donors (Lipinski definition) is 2. The summed E-state index contributed by atoms with van der Waals surface area (Å²) in [5.41, 5.74) is 0. The van der Waals surface area contributed by atoms with Crippen LogP contribution >= 0.6 is 11.8 Å². The number of aliphatic carboxylic acids is 1. The lowest BCUT2D eigenvalue weighted by Crippen LogP contribution is -2.42. The molecule has 2 fully saturated rings. The summed E-state index contributed by atoms with van der Waals surface area (Å²) in [6, 6.07) is 0. The number of carbonyl (C=O) groups excluding carboxylic acids is 2.